The van der Waals surface area contributed by atoms with Gasteiger partial charge in [-0.25, -0.2) is 14.3 Å². The van der Waals surface area contributed by atoms with Crippen molar-refractivity contribution in [3.05, 3.63) is 11.3 Å². The molecule has 4 heterocycles. The predicted octanol–water partition coefficient (Wildman–Crippen LogP) is -5.72. The summed E-state index contributed by atoms with van der Waals surface area (Å²) in [5.74, 6) is -4.87. The van der Waals surface area contributed by atoms with E-state index in [4.69, 9.17) is 4.74 Å². The van der Waals surface area contributed by atoms with Crippen LogP contribution in [0.1, 0.15) is 15.3 Å². The quantitative estimate of drug-likeness (QED) is 0.0608. The summed E-state index contributed by atoms with van der Waals surface area (Å²) in [5.41, 5.74) is -1.84. The van der Waals surface area contributed by atoms with Crippen molar-refractivity contribution in [2.75, 3.05) is 38.2 Å². The molecular formula is C22H30N9NaO9S2. The molecule has 43 heavy (non-hydrogen) atoms. The van der Waals surface area contributed by atoms with Crippen molar-refractivity contribution >= 4 is 59.2 Å². The van der Waals surface area contributed by atoms with Crippen molar-refractivity contribution in [1.82, 2.24) is 45.5 Å². The second-order valence-corrected chi connectivity index (χ2v) is 11.4. The van der Waals surface area contributed by atoms with Gasteiger partial charge in [-0.2, -0.15) is 0 Å². The Kier molecular flexibility index (Phi) is 11.2. The number of carbonyl (C=O) groups excluding carboxylic acids is 5. The van der Waals surface area contributed by atoms with Gasteiger partial charge in [0, 0.05) is 45.3 Å². The molecule has 1 aromatic heterocycles. The van der Waals surface area contributed by atoms with Crippen molar-refractivity contribution in [2.45, 2.75) is 42.2 Å². The van der Waals surface area contributed by atoms with Gasteiger partial charge in [-0.1, -0.05) is 11.8 Å². The van der Waals surface area contributed by atoms with E-state index in [1.807, 2.05) is 0 Å². The van der Waals surface area contributed by atoms with E-state index in [1.165, 1.54) is 28.3 Å². The van der Waals surface area contributed by atoms with Crippen molar-refractivity contribution in [1.29, 1.82) is 0 Å². The Morgan fingerprint density at radius 1 is 1.26 bits per heavy atom. The second-order valence-electron chi connectivity index (χ2n) is 9.41. The van der Waals surface area contributed by atoms with Crippen LogP contribution >= 0.6 is 23.5 Å². The number of aromatic nitrogens is 4. The number of carboxylic acids is 1. The number of hydrogen-bond donors (Lipinski definition) is 4. The number of nitrogens with zero attached hydrogens (tertiary/aromatic N) is 7. The number of thioether (sulfide) groups is 2. The van der Waals surface area contributed by atoms with Crippen molar-refractivity contribution in [2.24, 2.45) is 7.05 Å². The number of methoxy groups -OCH3 is 1. The average Bonchev–Trinajstić information content (AvgIpc) is 3.37. The number of carboxylic acid groups (broad SMARTS) is 1. The minimum Gasteiger partial charge on any atom is -1.00 e. The Morgan fingerprint density at radius 2 is 1.95 bits per heavy atom. The summed E-state index contributed by atoms with van der Waals surface area (Å²) in [6.07, 6.45) is -1.50. The maximum Gasteiger partial charge on any atom is 1.00 e. The van der Waals surface area contributed by atoms with Crippen LogP contribution in [0.2, 0.25) is 0 Å². The van der Waals surface area contributed by atoms with E-state index >= 15 is 0 Å². The van der Waals surface area contributed by atoms with Gasteiger partial charge in [0.05, 0.1) is 6.10 Å². The molecule has 0 spiro atoms. The third-order valence-corrected chi connectivity index (χ3v) is 9.35. The van der Waals surface area contributed by atoms with Crippen LogP contribution in [0.3, 0.4) is 0 Å². The number of hydrogen-bond acceptors (Lipinski definition) is 13. The molecule has 1 aromatic rings. The Balaban J connectivity index is 0.00000337. The van der Waals surface area contributed by atoms with E-state index in [2.05, 4.69) is 26.2 Å². The molecule has 2 saturated heterocycles. The largest absolute Gasteiger partial charge is 1.00 e. The molecule has 0 bridgehead atoms. The number of tetrazole rings is 1. The van der Waals surface area contributed by atoms with Crippen LogP contribution in [0.15, 0.2) is 16.4 Å². The molecule has 4 rings (SSSR count). The van der Waals surface area contributed by atoms with Gasteiger partial charge in [0.25, 0.3) is 11.6 Å². The van der Waals surface area contributed by atoms with Gasteiger partial charge >= 0.3 is 53.4 Å². The summed E-state index contributed by atoms with van der Waals surface area (Å²) in [6.45, 7) is 3.15. The first-order valence-electron chi connectivity index (χ1n) is 12.6. The number of aliphatic hydroxyl groups excluding tert-OH is 1. The van der Waals surface area contributed by atoms with Gasteiger partial charge in [0.15, 0.2) is 0 Å². The van der Waals surface area contributed by atoms with Gasteiger partial charge in [-0.05, 0) is 29.8 Å². The molecule has 0 saturated carbocycles. The number of urea groups is 1. The van der Waals surface area contributed by atoms with E-state index in [1.54, 1.807) is 14.0 Å². The van der Waals surface area contributed by atoms with Crippen LogP contribution in [0.5, 0.6) is 0 Å². The van der Waals surface area contributed by atoms with Gasteiger partial charge < -0.3 is 31.9 Å². The number of amides is 6. The average molecular weight is 652 g/mol. The number of fused-ring (bicyclic) bond motifs is 1. The number of carbonyl (C=O) groups is 6. The zero-order chi connectivity index (χ0) is 30.9. The zero-order valence-electron chi connectivity index (χ0n) is 25.0. The first kappa shape index (κ1) is 34.7. The van der Waals surface area contributed by atoms with Crippen LogP contribution in [0, 0.1) is 0 Å². The summed E-state index contributed by atoms with van der Waals surface area (Å²) < 4.78 is 6.84. The molecule has 0 aromatic carbocycles. The Morgan fingerprint density at radius 3 is 2.51 bits per heavy atom. The minimum absolute atomic E-state index is 0. The summed E-state index contributed by atoms with van der Waals surface area (Å²) in [7, 11) is 2.78. The summed E-state index contributed by atoms with van der Waals surface area (Å²) in [6, 6.07) is -2.74. The summed E-state index contributed by atoms with van der Waals surface area (Å²) >= 11 is 2.33. The summed E-state index contributed by atoms with van der Waals surface area (Å²) in [5, 5.41) is 35.5. The van der Waals surface area contributed by atoms with E-state index < -0.39 is 58.9 Å². The Bertz CT molecular complexity index is 1370. The van der Waals surface area contributed by atoms with Crippen LogP contribution < -0.4 is 40.2 Å². The van der Waals surface area contributed by atoms with Crippen LogP contribution in [-0.4, -0.2) is 142 Å². The molecule has 3 aliphatic rings. The minimum atomic E-state index is -2.01. The third kappa shape index (κ3) is 6.40. The predicted molar refractivity (Wildman–Crippen MR) is 144 cm³/mol. The van der Waals surface area contributed by atoms with Crippen molar-refractivity contribution in [3.8, 4) is 0 Å². The standard InChI is InChI=1S/C22H29N9O9S2.Na.H/c1-5-29-6-7-30(16(35)15(29)34)20(39)23-12(10(2)32)14(33)24-22(40-4)18(38)31-13(17(36)37)11(8-41-19(22)31)9-42-21-25-26-27-28(21)3;;/h10,12,19,32H,5-9H2,1-4H3,(H,23,39)(H,24,33)(H,36,37);;/q;+1;-1/t10?,12?,19-,22+;;/m1../s1. The Hall–Kier alpha value is -2.75. The SMILES string of the molecule is CCN1CCN(C(=O)NC(C(=O)N[C@]2(OC)C(=O)N3C(C(=O)O)=C(CSc4nnnn4C)CS[C@@H]32)C(C)O)C(=O)C1=O.[H-].[Na+]. The normalized spacial score (nSPS) is 23.2. The molecule has 2 unspecified atom stereocenters. The molecule has 4 atom stereocenters. The first-order chi connectivity index (χ1) is 19.9. The van der Waals surface area contributed by atoms with Gasteiger partial charge in [-0.3, -0.25) is 29.0 Å². The zero-order valence-corrected chi connectivity index (χ0v) is 27.6. The maximum absolute atomic E-state index is 13.4. The molecule has 0 aliphatic carbocycles. The summed E-state index contributed by atoms with van der Waals surface area (Å²) in [4.78, 5) is 79.3. The van der Waals surface area contributed by atoms with Crippen LogP contribution in [0.4, 0.5) is 4.79 Å². The molecule has 18 nitrogen and oxygen atoms in total. The van der Waals surface area contributed by atoms with Crippen LogP contribution in [-0.2, 0) is 35.8 Å². The molecule has 21 heteroatoms. The van der Waals surface area contributed by atoms with E-state index in [0.29, 0.717) is 15.6 Å². The number of piperazine rings is 1. The third-order valence-electron chi connectivity index (χ3n) is 6.88. The number of nitrogens with one attached hydrogen (secondary N) is 2. The number of ether oxygens (including phenoxy) is 1. The molecule has 4 N–H and O–H groups in total. The Labute approximate surface area is 277 Å². The topological polar surface area (TPSA) is 229 Å². The smallest absolute Gasteiger partial charge is 1.00 e. The molecule has 0 radical (unpaired) electrons. The second kappa shape index (κ2) is 13.9. The number of likely N-dealkylation sites (N-methyl/N-ethyl adjacent to an activating group) is 1. The molecule has 6 amide bonds. The number of imide groups is 1. The molecule has 230 valence electrons. The molecule has 2 fully saturated rings. The van der Waals surface area contributed by atoms with Crippen LogP contribution in [0.25, 0.3) is 0 Å². The maximum atomic E-state index is 13.4. The first-order valence-corrected chi connectivity index (χ1v) is 14.6. The number of aryl methyl sites for hydroxylation is 1. The van der Waals surface area contributed by atoms with E-state index in [-0.39, 0.29) is 67.8 Å². The van der Waals surface area contributed by atoms with Crippen molar-refractivity contribution in [3.63, 3.8) is 0 Å². The molecular weight excluding hydrogens is 621 g/mol. The fourth-order valence-electron chi connectivity index (χ4n) is 4.60. The van der Waals surface area contributed by atoms with Gasteiger partial charge in [-0.15, -0.1) is 16.9 Å². The van der Waals surface area contributed by atoms with Gasteiger partial charge in [0.1, 0.15) is 17.1 Å². The van der Waals surface area contributed by atoms with Gasteiger partial charge in [0.2, 0.25) is 11.1 Å². The van der Waals surface area contributed by atoms with E-state index in [0.717, 1.165) is 23.8 Å². The van der Waals surface area contributed by atoms with E-state index in [9.17, 15) is 39.0 Å². The number of β-lactam (4-membered cyclic amide) rings is 1. The fraction of sp³-hybridized carbons (Fsp3) is 0.591. The monoisotopic (exact) mass is 651 g/mol. The number of aliphatic hydroxyl groups is 1. The fourth-order valence-corrected chi connectivity index (χ4v) is 7.02. The number of aliphatic carboxylic acids is 1. The molecule has 3 aliphatic heterocycles. The number of rotatable bonds is 10. The van der Waals surface area contributed by atoms with Crippen molar-refractivity contribution < 1.29 is 74.7 Å².